The van der Waals surface area contributed by atoms with Gasteiger partial charge in [0, 0.05) is 13.2 Å². The van der Waals surface area contributed by atoms with Crippen LogP contribution in [0, 0.1) is 11.3 Å². The molecule has 2 heteroatoms. The van der Waals surface area contributed by atoms with Crippen LogP contribution in [0.1, 0.15) is 66.2 Å². The smallest absolute Gasteiger partial charge is 0.0833 e. The molecule has 0 aromatic rings. The summed E-state index contributed by atoms with van der Waals surface area (Å²) in [6, 6.07) is 0.494. The maximum absolute atomic E-state index is 6.05. The molecule has 0 aromatic heterocycles. The highest BCUT2D eigenvalue weighted by atomic mass is 16.5. The second-order valence-electron chi connectivity index (χ2n) is 6.78. The van der Waals surface area contributed by atoms with Crippen LogP contribution in [0.15, 0.2) is 0 Å². The van der Waals surface area contributed by atoms with Crippen molar-refractivity contribution < 1.29 is 4.74 Å². The normalized spacial score (nSPS) is 24.2. The fourth-order valence-corrected chi connectivity index (χ4v) is 3.68. The lowest BCUT2D eigenvalue weighted by molar-refractivity contribution is -0.0980. The second kappa shape index (κ2) is 6.38. The van der Waals surface area contributed by atoms with Gasteiger partial charge in [-0.25, -0.2) is 0 Å². The molecule has 0 bridgehead atoms. The first-order valence-corrected chi connectivity index (χ1v) is 7.67. The van der Waals surface area contributed by atoms with Gasteiger partial charge < -0.3 is 10.1 Å². The van der Waals surface area contributed by atoms with Crippen molar-refractivity contribution in [3.05, 3.63) is 0 Å². The summed E-state index contributed by atoms with van der Waals surface area (Å²) < 4.78 is 6.05. The van der Waals surface area contributed by atoms with E-state index < -0.39 is 0 Å². The monoisotopic (exact) mass is 255 g/mol. The fourth-order valence-electron chi connectivity index (χ4n) is 3.68. The summed E-state index contributed by atoms with van der Waals surface area (Å²) in [5.74, 6) is 0.719. The van der Waals surface area contributed by atoms with Gasteiger partial charge in [0.25, 0.3) is 0 Å². The largest absolute Gasteiger partial charge is 0.377 e. The molecule has 1 aliphatic rings. The van der Waals surface area contributed by atoms with Crippen LogP contribution < -0.4 is 5.32 Å². The SMILES string of the molecule is CCC(CC)C(NC)C1(OC)CCC(C)(C)CC1. The van der Waals surface area contributed by atoms with Gasteiger partial charge in [0.05, 0.1) is 5.60 Å². The first-order chi connectivity index (χ1) is 8.44. The fraction of sp³-hybridized carbons (Fsp3) is 1.00. The zero-order chi connectivity index (χ0) is 13.8. The Morgan fingerprint density at radius 2 is 1.56 bits per heavy atom. The van der Waals surface area contributed by atoms with Gasteiger partial charge in [0.2, 0.25) is 0 Å². The molecule has 0 aliphatic heterocycles. The Morgan fingerprint density at radius 3 is 1.89 bits per heavy atom. The standard InChI is InChI=1S/C16H33NO/c1-7-13(8-2)14(17-5)16(18-6)11-9-15(3,4)10-12-16/h13-14,17H,7-12H2,1-6H3. The first-order valence-electron chi connectivity index (χ1n) is 7.67. The van der Waals surface area contributed by atoms with Crippen LogP contribution in [0.25, 0.3) is 0 Å². The molecule has 1 atom stereocenters. The predicted molar refractivity (Wildman–Crippen MR) is 78.9 cm³/mol. The van der Waals surface area contributed by atoms with Crippen LogP contribution >= 0.6 is 0 Å². The summed E-state index contributed by atoms with van der Waals surface area (Å²) >= 11 is 0. The maximum Gasteiger partial charge on any atom is 0.0833 e. The third kappa shape index (κ3) is 3.27. The zero-order valence-electron chi connectivity index (χ0n) is 13.3. The van der Waals surface area contributed by atoms with E-state index in [1.807, 2.05) is 7.11 Å². The minimum absolute atomic E-state index is 0.0565. The van der Waals surface area contributed by atoms with Crippen molar-refractivity contribution in [3.8, 4) is 0 Å². The Hall–Kier alpha value is -0.0800. The van der Waals surface area contributed by atoms with Crippen LogP contribution in [-0.2, 0) is 4.74 Å². The van der Waals surface area contributed by atoms with Crippen molar-refractivity contribution >= 4 is 0 Å². The van der Waals surface area contributed by atoms with Gasteiger partial charge >= 0.3 is 0 Å². The minimum Gasteiger partial charge on any atom is -0.377 e. The maximum atomic E-state index is 6.05. The highest BCUT2D eigenvalue weighted by Gasteiger charge is 2.45. The molecule has 108 valence electrons. The molecule has 1 rings (SSSR count). The molecule has 1 saturated carbocycles. The molecule has 1 aliphatic carbocycles. The molecule has 0 saturated heterocycles. The van der Waals surface area contributed by atoms with Crippen molar-refractivity contribution in [3.63, 3.8) is 0 Å². The van der Waals surface area contributed by atoms with Crippen LogP contribution in [0.5, 0.6) is 0 Å². The summed E-state index contributed by atoms with van der Waals surface area (Å²) in [4.78, 5) is 0. The van der Waals surface area contributed by atoms with Gasteiger partial charge in [-0.15, -0.1) is 0 Å². The number of likely N-dealkylation sites (N-methyl/N-ethyl adjacent to an activating group) is 1. The summed E-state index contributed by atoms with van der Waals surface area (Å²) in [5.41, 5.74) is 0.551. The quantitative estimate of drug-likeness (QED) is 0.774. The molecule has 1 unspecified atom stereocenters. The van der Waals surface area contributed by atoms with E-state index in [1.54, 1.807) is 0 Å². The Morgan fingerprint density at radius 1 is 1.06 bits per heavy atom. The highest BCUT2D eigenvalue weighted by molar-refractivity contribution is 5.00. The van der Waals surface area contributed by atoms with Gasteiger partial charge in [-0.2, -0.15) is 0 Å². The molecule has 0 heterocycles. The summed E-state index contributed by atoms with van der Waals surface area (Å²) in [7, 11) is 4.01. The van der Waals surface area contributed by atoms with Gasteiger partial charge in [0.15, 0.2) is 0 Å². The lowest BCUT2D eigenvalue weighted by atomic mass is 9.66. The van der Waals surface area contributed by atoms with E-state index in [-0.39, 0.29) is 5.60 Å². The molecule has 0 amide bonds. The van der Waals surface area contributed by atoms with Gasteiger partial charge in [-0.1, -0.05) is 40.5 Å². The van der Waals surface area contributed by atoms with Crippen LogP contribution in [0.3, 0.4) is 0 Å². The molecule has 0 spiro atoms. The number of hydrogen-bond acceptors (Lipinski definition) is 2. The molecule has 0 radical (unpaired) electrons. The van der Waals surface area contributed by atoms with Crippen molar-refractivity contribution in [2.75, 3.05) is 14.2 Å². The Kier molecular flexibility index (Phi) is 5.67. The van der Waals surface area contributed by atoms with Crippen LogP contribution in [0.2, 0.25) is 0 Å². The molecule has 1 N–H and O–H groups in total. The van der Waals surface area contributed by atoms with E-state index in [4.69, 9.17) is 4.74 Å². The number of ether oxygens (including phenoxy) is 1. The molecule has 2 nitrogen and oxygen atoms in total. The predicted octanol–water partition coefficient (Wildman–Crippen LogP) is 4.00. The highest BCUT2D eigenvalue weighted by Crippen LogP contribution is 2.45. The molecule has 1 fully saturated rings. The summed E-state index contributed by atoms with van der Waals surface area (Å²) in [6.45, 7) is 9.37. The average molecular weight is 255 g/mol. The summed E-state index contributed by atoms with van der Waals surface area (Å²) in [5, 5.41) is 3.57. The van der Waals surface area contributed by atoms with Gasteiger partial charge in [0.1, 0.15) is 0 Å². The Bertz CT molecular complexity index is 235. The van der Waals surface area contributed by atoms with E-state index >= 15 is 0 Å². The van der Waals surface area contributed by atoms with E-state index in [0.29, 0.717) is 11.5 Å². The van der Waals surface area contributed by atoms with Crippen molar-refractivity contribution in [1.29, 1.82) is 0 Å². The number of rotatable bonds is 6. The lowest BCUT2D eigenvalue weighted by Crippen LogP contribution is -2.57. The molecular weight excluding hydrogens is 222 g/mol. The molecule has 18 heavy (non-hydrogen) atoms. The Labute approximate surface area is 114 Å². The average Bonchev–Trinajstić information content (AvgIpc) is 2.37. The van der Waals surface area contributed by atoms with Crippen LogP contribution in [0.4, 0.5) is 0 Å². The van der Waals surface area contributed by atoms with Crippen LogP contribution in [-0.4, -0.2) is 25.8 Å². The Balaban J connectivity index is 2.85. The molecule has 0 aromatic carbocycles. The second-order valence-corrected chi connectivity index (χ2v) is 6.78. The molecular formula is C16H33NO. The van der Waals surface area contributed by atoms with Gasteiger partial charge in [-0.3, -0.25) is 0 Å². The van der Waals surface area contributed by atoms with Crippen molar-refractivity contribution in [2.45, 2.75) is 77.9 Å². The van der Waals surface area contributed by atoms with E-state index in [2.05, 4.69) is 40.1 Å². The summed E-state index contributed by atoms with van der Waals surface area (Å²) in [6.07, 6.45) is 7.41. The number of methoxy groups -OCH3 is 1. The topological polar surface area (TPSA) is 21.3 Å². The van der Waals surface area contributed by atoms with Crippen molar-refractivity contribution in [2.24, 2.45) is 11.3 Å². The zero-order valence-corrected chi connectivity index (χ0v) is 13.3. The first kappa shape index (κ1) is 16.0. The number of nitrogens with one attached hydrogen (secondary N) is 1. The van der Waals surface area contributed by atoms with E-state index in [1.165, 1.54) is 38.5 Å². The van der Waals surface area contributed by atoms with E-state index in [0.717, 1.165) is 5.92 Å². The number of hydrogen-bond donors (Lipinski definition) is 1. The lowest BCUT2D eigenvalue weighted by Gasteiger charge is -2.49. The third-order valence-corrected chi connectivity index (χ3v) is 5.25. The van der Waals surface area contributed by atoms with E-state index in [9.17, 15) is 0 Å². The van der Waals surface area contributed by atoms with Crippen molar-refractivity contribution in [1.82, 2.24) is 5.32 Å². The van der Waals surface area contributed by atoms with Gasteiger partial charge in [-0.05, 0) is 44.1 Å². The third-order valence-electron chi connectivity index (χ3n) is 5.25. The minimum atomic E-state index is 0.0565.